The Morgan fingerprint density at radius 2 is 1.86 bits per heavy atom. The Balaban J connectivity index is 1.21. The maximum atomic E-state index is 8.93. The molecule has 2 N–H and O–H groups in total. The van der Waals surface area contributed by atoms with Crippen molar-refractivity contribution in [3.63, 3.8) is 0 Å². The van der Waals surface area contributed by atoms with Crippen molar-refractivity contribution < 1.29 is 9.47 Å². The van der Waals surface area contributed by atoms with Crippen LogP contribution in [-0.4, -0.2) is 73.6 Å². The molecule has 1 aliphatic carbocycles. The standard InChI is InChI=1S/C25H26N10O2/c26-11-16-12-28-25(29-13-16)32-18-1-3-19(4-2-18)37-24-20-9-17(23-30-15-31-34-23)14-27-21(20)10-22(33-24)35-5-7-36-8-6-35/h9-10,12-15,18-19H,1-8H2,(H,28,29,32)(H,30,31,34). The number of pyridine rings is 2. The summed E-state index contributed by atoms with van der Waals surface area (Å²) in [6.45, 7) is 2.91. The topological polar surface area (TPSA) is 151 Å². The van der Waals surface area contributed by atoms with Crippen LogP contribution in [0.5, 0.6) is 5.88 Å². The molecule has 12 nitrogen and oxygen atoms in total. The molecule has 0 unspecified atom stereocenters. The molecule has 1 saturated heterocycles. The number of rotatable bonds is 6. The molecule has 4 aromatic rings. The van der Waals surface area contributed by atoms with Crippen LogP contribution in [0.1, 0.15) is 31.2 Å². The molecule has 188 valence electrons. The van der Waals surface area contributed by atoms with E-state index in [1.807, 2.05) is 18.2 Å². The van der Waals surface area contributed by atoms with Gasteiger partial charge in [0.1, 0.15) is 24.3 Å². The zero-order valence-corrected chi connectivity index (χ0v) is 20.2. The number of nitrogens with zero attached hydrogens (tertiary/aromatic N) is 8. The van der Waals surface area contributed by atoms with Gasteiger partial charge in [0.2, 0.25) is 11.8 Å². The first kappa shape index (κ1) is 23.1. The molecule has 1 saturated carbocycles. The molecule has 0 bridgehead atoms. The summed E-state index contributed by atoms with van der Waals surface area (Å²) in [4.78, 5) is 23.4. The molecule has 0 amide bonds. The predicted octanol–water partition coefficient (Wildman–Crippen LogP) is 2.72. The first-order valence-corrected chi connectivity index (χ1v) is 12.4. The molecule has 1 aliphatic heterocycles. The second kappa shape index (κ2) is 10.3. The van der Waals surface area contributed by atoms with Crippen molar-refractivity contribution in [2.24, 2.45) is 0 Å². The lowest BCUT2D eigenvalue weighted by atomic mass is 9.93. The number of ether oxygens (including phenoxy) is 2. The number of anilines is 2. The van der Waals surface area contributed by atoms with E-state index in [0.717, 1.165) is 61.1 Å². The molecule has 5 heterocycles. The van der Waals surface area contributed by atoms with Gasteiger partial charge >= 0.3 is 0 Å². The number of fused-ring (bicyclic) bond motifs is 1. The van der Waals surface area contributed by atoms with Gasteiger partial charge in [0.05, 0.1) is 42.1 Å². The fraction of sp³-hybridized carbons (Fsp3) is 0.400. The molecule has 12 heteroatoms. The number of hydrogen-bond donors (Lipinski definition) is 2. The first-order valence-electron chi connectivity index (χ1n) is 12.4. The van der Waals surface area contributed by atoms with Crippen LogP contribution in [0.3, 0.4) is 0 Å². The largest absolute Gasteiger partial charge is 0.474 e. The van der Waals surface area contributed by atoms with Crippen molar-refractivity contribution in [3.05, 3.63) is 42.6 Å². The Morgan fingerprint density at radius 3 is 2.59 bits per heavy atom. The van der Waals surface area contributed by atoms with Crippen molar-refractivity contribution in [1.29, 1.82) is 5.26 Å². The van der Waals surface area contributed by atoms with Crippen LogP contribution >= 0.6 is 0 Å². The lowest BCUT2D eigenvalue weighted by molar-refractivity contribution is 0.122. The average Bonchev–Trinajstić information content (AvgIpc) is 3.50. The van der Waals surface area contributed by atoms with Gasteiger partial charge in [-0.25, -0.2) is 9.97 Å². The number of nitriles is 1. The maximum absolute atomic E-state index is 8.93. The summed E-state index contributed by atoms with van der Waals surface area (Å²) in [7, 11) is 0. The highest BCUT2D eigenvalue weighted by Gasteiger charge is 2.25. The Hall–Kier alpha value is -4.37. The normalized spacial score (nSPS) is 19.9. The van der Waals surface area contributed by atoms with Crippen LogP contribution in [0.2, 0.25) is 0 Å². The van der Waals surface area contributed by atoms with Crippen LogP contribution in [0.15, 0.2) is 37.1 Å². The second-order valence-corrected chi connectivity index (χ2v) is 9.16. The average molecular weight is 499 g/mol. The number of morpholine rings is 1. The van der Waals surface area contributed by atoms with Gasteiger partial charge in [-0.3, -0.25) is 4.98 Å². The minimum Gasteiger partial charge on any atom is -0.474 e. The maximum Gasteiger partial charge on any atom is 0.225 e. The van der Waals surface area contributed by atoms with E-state index in [4.69, 9.17) is 24.7 Å². The number of aromatic amines is 1. The Morgan fingerprint density at radius 1 is 1.05 bits per heavy atom. The van der Waals surface area contributed by atoms with Crippen LogP contribution in [0, 0.1) is 11.3 Å². The van der Waals surface area contributed by atoms with Crippen LogP contribution in [0.4, 0.5) is 11.8 Å². The minimum atomic E-state index is 0.0320. The van der Waals surface area contributed by atoms with Gasteiger partial charge in [-0.1, -0.05) is 0 Å². The Labute approximate surface area is 213 Å². The van der Waals surface area contributed by atoms with Gasteiger partial charge in [0, 0.05) is 37.0 Å². The highest BCUT2D eigenvalue weighted by atomic mass is 16.5. The van der Waals surface area contributed by atoms with Crippen LogP contribution < -0.4 is 15.0 Å². The number of nitrogens with one attached hydrogen (secondary N) is 2. The third-order valence-electron chi connectivity index (χ3n) is 6.72. The summed E-state index contributed by atoms with van der Waals surface area (Å²) >= 11 is 0. The molecule has 0 atom stereocenters. The zero-order chi connectivity index (χ0) is 25.0. The van der Waals surface area contributed by atoms with E-state index in [-0.39, 0.29) is 12.1 Å². The van der Waals surface area contributed by atoms with Crippen molar-refractivity contribution in [2.45, 2.75) is 37.8 Å². The van der Waals surface area contributed by atoms with Gasteiger partial charge in [-0.2, -0.15) is 10.2 Å². The van der Waals surface area contributed by atoms with Crippen LogP contribution in [-0.2, 0) is 4.74 Å². The van der Waals surface area contributed by atoms with Gasteiger partial charge in [0.25, 0.3) is 0 Å². The Kier molecular flexibility index (Phi) is 6.43. The zero-order valence-electron chi connectivity index (χ0n) is 20.2. The fourth-order valence-corrected chi connectivity index (χ4v) is 4.73. The summed E-state index contributed by atoms with van der Waals surface area (Å²) in [6, 6.07) is 6.30. The SMILES string of the molecule is N#Cc1cnc(NC2CCC(Oc3nc(N4CCOCC4)cc4ncc(-c5nnc[nH]5)cc34)CC2)nc1. The summed E-state index contributed by atoms with van der Waals surface area (Å²) in [5, 5.41) is 21.2. The molecule has 4 aromatic heterocycles. The summed E-state index contributed by atoms with van der Waals surface area (Å²) in [6.07, 6.45) is 10.00. The lowest BCUT2D eigenvalue weighted by Gasteiger charge is -2.31. The highest BCUT2D eigenvalue weighted by Crippen LogP contribution is 2.33. The lowest BCUT2D eigenvalue weighted by Crippen LogP contribution is -2.37. The molecule has 2 aliphatic rings. The third-order valence-corrected chi connectivity index (χ3v) is 6.72. The number of aromatic nitrogens is 7. The summed E-state index contributed by atoms with van der Waals surface area (Å²) in [5.41, 5.74) is 2.09. The van der Waals surface area contributed by atoms with Gasteiger partial charge in [-0.05, 0) is 31.7 Å². The first-order chi connectivity index (χ1) is 18.2. The molecule has 0 spiro atoms. The molecule has 0 radical (unpaired) electrons. The molecular weight excluding hydrogens is 472 g/mol. The minimum absolute atomic E-state index is 0.0320. The molecule has 2 fully saturated rings. The van der Waals surface area contributed by atoms with Crippen LogP contribution in [0.25, 0.3) is 22.3 Å². The van der Waals surface area contributed by atoms with Crippen molar-refractivity contribution in [1.82, 2.24) is 35.1 Å². The smallest absolute Gasteiger partial charge is 0.225 e. The van der Waals surface area contributed by atoms with E-state index in [1.54, 1.807) is 12.5 Å². The van der Waals surface area contributed by atoms with E-state index in [9.17, 15) is 0 Å². The number of H-pyrrole nitrogens is 1. The monoisotopic (exact) mass is 498 g/mol. The van der Waals surface area contributed by atoms with Crippen molar-refractivity contribution >= 4 is 22.7 Å². The Bertz CT molecular complexity index is 1390. The van der Waals surface area contributed by atoms with E-state index < -0.39 is 0 Å². The quantitative estimate of drug-likeness (QED) is 0.404. The summed E-state index contributed by atoms with van der Waals surface area (Å²) in [5.74, 6) is 2.62. The van der Waals surface area contributed by atoms with Crippen molar-refractivity contribution in [2.75, 3.05) is 36.5 Å². The number of hydrogen-bond acceptors (Lipinski definition) is 11. The second-order valence-electron chi connectivity index (χ2n) is 9.16. The predicted molar refractivity (Wildman–Crippen MR) is 135 cm³/mol. The van der Waals surface area contributed by atoms with E-state index >= 15 is 0 Å². The van der Waals surface area contributed by atoms with Gasteiger partial charge < -0.3 is 24.7 Å². The van der Waals surface area contributed by atoms with Crippen molar-refractivity contribution in [3.8, 4) is 23.3 Å². The fourth-order valence-electron chi connectivity index (χ4n) is 4.73. The van der Waals surface area contributed by atoms with E-state index in [0.29, 0.717) is 36.4 Å². The van der Waals surface area contributed by atoms with E-state index in [2.05, 4.69) is 35.4 Å². The van der Waals surface area contributed by atoms with Gasteiger partial charge in [-0.15, -0.1) is 10.2 Å². The molecule has 0 aromatic carbocycles. The molecule has 37 heavy (non-hydrogen) atoms. The van der Waals surface area contributed by atoms with Gasteiger partial charge in [0.15, 0.2) is 5.82 Å². The summed E-state index contributed by atoms with van der Waals surface area (Å²) < 4.78 is 12.1. The molecular formula is C25H26N10O2. The third kappa shape index (κ3) is 5.12. The van der Waals surface area contributed by atoms with E-state index in [1.165, 1.54) is 12.4 Å². The highest BCUT2D eigenvalue weighted by molar-refractivity contribution is 5.88. The molecule has 6 rings (SSSR count).